The van der Waals surface area contributed by atoms with Gasteiger partial charge in [0.05, 0.1) is 11.6 Å². The Kier molecular flexibility index (Phi) is 2.21. The Bertz CT molecular complexity index is 380. The van der Waals surface area contributed by atoms with Crippen LogP contribution in [-0.4, -0.2) is 17.7 Å². The van der Waals surface area contributed by atoms with E-state index in [-0.39, 0.29) is 10.8 Å². The number of hydrogen-bond acceptors (Lipinski definition) is 3. The lowest BCUT2D eigenvalue weighted by Gasteiger charge is -2.10. The van der Waals surface area contributed by atoms with Gasteiger partial charge in [-0.1, -0.05) is 23.7 Å². The highest BCUT2D eigenvalue weighted by atomic mass is 35.5. The van der Waals surface area contributed by atoms with Gasteiger partial charge >= 0.3 is 6.09 Å². The maximum Gasteiger partial charge on any atom is 0.407 e. The molecule has 2 rings (SSSR count). The summed E-state index contributed by atoms with van der Waals surface area (Å²) in [5.41, 5.74) is 0.524. The first-order chi connectivity index (χ1) is 6.68. The normalized spacial score (nSPS) is 20.4. The maximum absolute atomic E-state index is 10.8. The van der Waals surface area contributed by atoms with Gasteiger partial charge in [0.15, 0.2) is 0 Å². The quantitative estimate of drug-likeness (QED) is 0.748. The largest absolute Gasteiger partial charge is 0.506 e. The molecule has 1 aliphatic heterocycles. The number of nitrogens with one attached hydrogen (secondary N) is 1. The number of para-hydroxylation sites is 1. The molecule has 1 aromatic carbocycles. The Hall–Kier alpha value is -1.42. The van der Waals surface area contributed by atoms with E-state index >= 15 is 0 Å². The molecule has 1 atom stereocenters. The smallest absolute Gasteiger partial charge is 0.407 e. The minimum atomic E-state index is -0.477. The van der Waals surface area contributed by atoms with Crippen LogP contribution in [0.15, 0.2) is 18.2 Å². The van der Waals surface area contributed by atoms with E-state index in [9.17, 15) is 9.90 Å². The van der Waals surface area contributed by atoms with E-state index in [1.807, 2.05) is 0 Å². The molecule has 1 fully saturated rings. The summed E-state index contributed by atoms with van der Waals surface area (Å²) in [4.78, 5) is 10.8. The molecule has 74 valence electrons. The van der Waals surface area contributed by atoms with Gasteiger partial charge in [0.2, 0.25) is 0 Å². The van der Waals surface area contributed by atoms with Gasteiger partial charge in [-0.15, -0.1) is 0 Å². The first kappa shape index (κ1) is 9.15. The van der Waals surface area contributed by atoms with Crippen LogP contribution in [0.2, 0.25) is 5.02 Å². The average molecular weight is 214 g/mol. The van der Waals surface area contributed by atoms with Crippen LogP contribution in [0.1, 0.15) is 11.7 Å². The van der Waals surface area contributed by atoms with Crippen molar-refractivity contribution < 1.29 is 14.6 Å². The second kappa shape index (κ2) is 3.38. The molecule has 14 heavy (non-hydrogen) atoms. The van der Waals surface area contributed by atoms with Crippen LogP contribution in [0.25, 0.3) is 0 Å². The lowest BCUT2D eigenvalue weighted by Crippen LogP contribution is -2.12. The highest BCUT2D eigenvalue weighted by Gasteiger charge is 2.26. The lowest BCUT2D eigenvalue weighted by atomic mass is 10.1. The van der Waals surface area contributed by atoms with E-state index < -0.39 is 12.2 Å². The van der Waals surface area contributed by atoms with Crippen LogP contribution in [-0.2, 0) is 4.74 Å². The van der Waals surface area contributed by atoms with Crippen molar-refractivity contribution in [1.29, 1.82) is 0 Å². The number of benzene rings is 1. The molecule has 0 saturated carbocycles. The van der Waals surface area contributed by atoms with E-state index in [1.54, 1.807) is 18.2 Å². The average Bonchev–Trinajstić information content (AvgIpc) is 2.57. The Morgan fingerprint density at radius 1 is 1.57 bits per heavy atom. The van der Waals surface area contributed by atoms with Crippen molar-refractivity contribution in [2.45, 2.75) is 6.10 Å². The lowest BCUT2D eigenvalue weighted by molar-refractivity contribution is 0.139. The van der Waals surface area contributed by atoms with Crippen molar-refractivity contribution in [2.75, 3.05) is 6.54 Å². The molecule has 1 unspecified atom stereocenters. The molecule has 1 aliphatic rings. The number of rotatable bonds is 1. The molecule has 0 aromatic heterocycles. The van der Waals surface area contributed by atoms with Crippen molar-refractivity contribution in [2.24, 2.45) is 0 Å². The Balaban J connectivity index is 2.32. The maximum atomic E-state index is 10.8. The molecule has 0 radical (unpaired) electrons. The number of ether oxygens (including phenoxy) is 1. The van der Waals surface area contributed by atoms with Gasteiger partial charge in [0.25, 0.3) is 0 Å². The molecule has 5 heteroatoms. The third kappa shape index (κ3) is 1.48. The van der Waals surface area contributed by atoms with Gasteiger partial charge in [-0.2, -0.15) is 0 Å². The fourth-order valence-corrected chi connectivity index (χ4v) is 1.54. The number of alkyl carbamates (subject to hydrolysis) is 1. The Morgan fingerprint density at radius 3 is 3.00 bits per heavy atom. The summed E-state index contributed by atoms with van der Waals surface area (Å²) in [6.07, 6.45) is -0.935. The number of hydrogen-bond donors (Lipinski definition) is 2. The number of halogens is 1. The number of phenols is 1. The summed E-state index contributed by atoms with van der Waals surface area (Å²) in [7, 11) is 0. The molecule has 1 amide bonds. The first-order valence-electron chi connectivity index (χ1n) is 4.10. The van der Waals surface area contributed by atoms with Gasteiger partial charge in [-0.05, 0) is 6.07 Å². The monoisotopic (exact) mass is 213 g/mol. The first-order valence-corrected chi connectivity index (χ1v) is 4.48. The predicted molar refractivity (Wildman–Crippen MR) is 50.3 cm³/mol. The fourth-order valence-electron chi connectivity index (χ4n) is 1.35. The SMILES string of the molecule is O=C1NCC(c2cccc(Cl)c2O)O1. The van der Waals surface area contributed by atoms with Crippen molar-refractivity contribution >= 4 is 17.7 Å². The number of cyclic esters (lactones) is 1. The van der Waals surface area contributed by atoms with E-state index in [0.717, 1.165) is 0 Å². The minimum Gasteiger partial charge on any atom is -0.506 e. The summed E-state index contributed by atoms with van der Waals surface area (Å²) in [5.74, 6) is -0.0318. The van der Waals surface area contributed by atoms with Crippen molar-refractivity contribution in [3.63, 3.8) is 0 Å². The van der Waals surface area contributed by atoms with Gasteiger partial charge in [-0.3, -0.25) is 0 Å². The predicted octanol–water partition coefficient (Wildman–Crippen LogP) is 1.83. The molecule has 1 saturated heterocycles. The Morgan fingerprint density at radius 2 is 2.36 bits per heavy atom. The standard InChI is InChI=1S/C9H8ClNO3/c10-6-3-1-2-5(8(6)12)7-4-11-9(13)14-7/h1-3,7,12H,4H2,(H,11,13). The third-order valence-electron chi connectivity index (χ3n) is 2.05. The van der Waals surface area contributed by atoms with E-state index in [1.165, 1.54) is 0 Å². The van der Waals surface area contributed by atoms with Crippen LogP contribution in [0.4, 0.5) is 4.79 Å². The van der Waals surface area contributed by atoms with Gasteiger partial charge in [-0.25, -0.2) is 4.79 Å². The third-order valence-corrected chi connectivity index (χ3v) is 2.35. The molecule has 1 aromatic rings. The number of amides is 1. The fraction of sp³-hybridized carbons (Fsp3) is 0.222. The van der Waals surface area contributed by atoms with Crippen LogP contribution < -0.4 is 5.32 Å². The van der Waals surface area contributed by atoms with E-state index in [0.29, 0.717) is 12.1 Å². The molecule has 1 heterocycles. The van der Waals surface area contributed by atoms with Gasteiger partial charge in [0.1, 0.15) is 11.9 Å². The van der Waals surface area contributed by atoms with Crippen molar-refractivity contribution in [1.82, 2.24) is 5.32 Å². The zero-order chi connectivity index (χ0) is 10.1. The topological polar surface area (TPSA) is 58.6 Å². The van der Waals surface area contributed by atoms with Crippen molar-refractivity contribution in [3.8, 4) is 5.75 Å². The highest BCUT2D eigenvalue weighted by molar-refractivity contribution is 6.32. The van der Waals surface area contributed by atoms with E-state index in [2.05, 4.69) is 5.32 Å². The van der Waals surface area contributed by atoms with E-state index in [4.69, 9.17) is 16.3 Å². The molecular weight excluding hydrogens is 206 g/mol. The number of carbonyl (C=O) groups excluding carboxylic acids is 1. The number of aromatic hydroxyl groups is 1. The second-order valence-electron chi connectivity index (χ2n) is 2.95. The highest BCUT2D eigenvalue weighted by Crippen LogP contribution is 2.33. The summed E-state index contributed by atoms with van der Waals surface area (Å²) in [6, 6.07) is 4.94. The van der Waals surface area contributed by atoms with Gasteiger partial charge in [0, 0.05) is 5.56 Å². The van der Waals surface area contributed by atoms with Crippen LogP contribution in [0, 0.1) is 0 Å². The zero-order valence-corrected chi connectivity index (χ0v) is 7.91. The second-order valence-corrected chi connectivity index (χ2v) is 3.36. The summed E-state index contributed by atoms with van der Waals surface area (Å²) < 4.78 is 4.91. The molecule has 0 aliphatic carbocycles. The summed E-state index contributed by atoms with van der Waals surface area (Å²) in [6.45, 7) is 0.354. The van der Waals surface area contributed by atoms with Gasteiger partial charge < -0.3 is 15.2 Å². The zero-order valence-electron chi connectivity index (χ0n) is 7.16. The molecule has 0 bridgehead atoms. The Labute approximate surface area is 85.4 Å². The summed E-state index contributed by atoms with van der Waals surface area (Å²) in [5, 5.41) is 12.3. The van der Waals surface area contributed by atoms with Crippen molar-refractivity contribution in [3.05, 3.63) is 28.8 Å². The number of phenolic OH excluding ortho intramolecular Hbond substituents is 1. The number of carbonyl (C=O) groups is 1. The molecule has 0 spiro atoms. The van der Waals surface area contributed by atoms with Crippen LogP contribution >= 0.6 is 11.6 Å². The van der Waals surface area contributed by atoms with Crippen LogP contribution in [0.5, 0.6) is 5.75 Å². The minimum absolute atomic E-state index is 0.0318. The van der Waals surface area contributed by atoms with Crippen LogP contribution in [0.3, 0.4) is 0 Å². The molecule has 2 N–H and O–H groups in total. The molecular formula is C9H8ClNO3. The summed E-state index contributed by atoms with van der Waals surface area (Å²) >= 11 is 5.72. The molecule has 4 nitrogen and oxygen atoms in total.